The van der Waals surface area contributed by atoms with Crippen LogP contribution in [0.3, 0.4) is 0 Å². The molecule has 0 N–H and O–H groups in total. The van der Waals surface area contributed by atoms with Gasteiger partial charge in [-0.3, -0.25) is 4.99 Å². The number of alkyl halides is 2. The maximum absolute atomic E-state index is 14.2. The molecule has 2 rings (SSSR count). The van der Waals surface area contributed by atoms with Crippen molar-refractivity contribution in [1.29, 1.82) is 0 Å². The summed E-state index contributed by atoms with van der Waals surface area (Å²) in [6.45, 7) is 18.1. The number of aromatic nitrogens is 1. The highest BCUT2D eigenvalue weighted by Gasteiger charge is 2.30. The van der Waals surface area contributed by atoms with Gasteiger partial charge in [0.25, 0.3) is 5.92 Å². The molecule has 38 heavy (non-hydrogen) atoms. The Balaban J connectivity index is 0.000000437. The van der Waals surface area contributed by atoms with Crippen LogP contribution >= 0.6 is 11.3 Å². The lowest BCUT2D eigenvalue weighted by atomic mass is 9.99. The van der Waals surface area contributed by atoms with E-state index < -0.39 is 11.9 Å². The molecule has 0 aliphatic rings. The molecule has 2 heterocycles. The fraction of sp³-hybridized carbons (Fsp3) is 0.375. The standard InChI is InChI=1S/C20H25F2NS.C12H16FN/c1-8-16(17-9-10-24-12-17)11-18(20(7,21)22)15(6)23-19(13(2)3)14(4)5;1-3-6-10(7-4-2)11-8-5-9-12(13)14-11/h8-12H,2H2,1,3-7H3;5-6,8-9H,3-4,7H2,1-2H3/b16-8+,18-11+,23-15?;10-6+. The number of nitrogens with zero attached hydrogens (tertiary/aromatic N) is 2. The van der Waals surface area contributed by atoms with E-state index in [9.17, 15) is 13.2 Å². The van der Waals surface area contributed by atoms with Gasteiger partial charge in [-0.1, -0.05) is 50.6 Å². The summed E-state index contributed by atoms with van der Waals surface area (Å²) in [6.07, 6.45) is 8.47. The van der Waals surface area contributed by atoms with Crippen molar-refractivity contribution in [2.24, 2.45) is 4.99 Å². The minimum Gasteiger partial charge on any atom is -0.253 e. The lowest BCUT2D eigenvalue weighted by Gasteiger charge is -2.17. The summed E-state index contributed by atoms with van der Waals surface area (Å²) in [4.78, 5) is 8.31. The molecule has 0 fully saturated rings. The van der Waals surface area contributed by atoms with Gasteiger partial charge in [0.15, 0.2) is 0 Å². The van der Waals surface area contributed by atoms with E-state index in [1.54, 1.807) is 13.0 Å². The fourth-order valence-electron chi connectivity index (χ4n) is 3.77. The maximum Gasteiger partial charge on any atom is 0.272 e. The summed E-state index contributed by atoms with van der Waals surface area (Å²) in [5, 5.41) is 3.87. The second-order valence-electron chi connectivity index (χ2n) is 9.26. The molecule has 2 aromatic heterocycles. The van der Waals surface area contributed by atoms with Crippen LogP contribution in [0.2, 0.25) is 0 Å². The highest BCUT2D eigenvalue weighted by Crippen LogP contribution is 2.30. The molecule has 0 atom stereocenters. The molecule has 206 valence electrons. The van der Waals surface area contributed by atoms with Crippen LogP contribution in [-0.2, 0) is 0 Å². The number of aliphatic imine (C=N–C) groups is 1. The van der Waals surface area contributed by atoms with E-state index in [-0.39, 0.29) is 5.57 Å². The van der Waals surface area contributed by atoms with E-state index >= 15 is 0 Å². The molecule has 0 radical (unpaired) electrons. The van der Waals surface area contributed by atoms with Gasteiger partial charge in [0.05, 0.1) is 11.4 Å². The van der Waals surface area contributed by atoms with Crippen LogP contribution in [0.5, 0.6) is 0 Å². The Morgan fingerprint density at radius 1 is 1.13 bits per heavy atom. The normalized spacial score (nSPS) is 13.1. The van der Waals surface area contributed by atoms with Crippen molar-refractivity contribution < 1.29 is 13.2 Å². The van der Waals surface area contributed by atoms with Gasteiger partial charge in [-0.25, -0.2) is 13.8 Å². The molecule has 0 saturated carbocycles. The van der Waals surface area contributed by atoms with Crippen molar-refractivity contribution in [3.05, 3.63) is 99.5 Å². The lowest BCUT2D eigenvalue weighted by Crippen LogP contribution is -2.20. The Morgan fingerprint density at radius 3 is 2.26 bits per heavy atom. The first-order chi connectivity index (χ1) is 17.8. The Hall–Kier alpha value is -2.99. The molecule has 2 aromatic rings. The molecule has 0 saturated heterocycles. The Morgan fingerprint density at radius 2 is 1.82 bits per heavy atom. The van der Waals surface area contributed by atoms with Crippen molar-refractivity contribution >= 4 is 28.2 Å². The zero-order valence-corrected chi connectivity index (χ0v) is 24.8. The SMILES string of the molecule is C=C(C)C(N=C(C)/C(=C\C(=C/C)c1ccsc1)C(C)(F)F)=C(C)C.CC/C=C(\CCC)c1cccc(F)n1. The third kappa shape index (κ3) is 10.8. The quantitative estimate of drug-likeness (QED) is 0.166. The van der Waals surface area contributed by atoms with Crippen LogP contribution in [0, 0.1) is 5.95 Å². The summed E-state index contributed by atoms with van der Waals surface area (Å²) in [5.41, 5.74) is 6.21. The van der Waals surface area contributed by atoms with E-state index in [4.69, 9.17) is 0 Å². The van der Waals surface area contributed by atoms with Gasteiger partial charge in [-0.15, -0.1) is 0 Å². The van der Waals surface area contributed by atoms with Crippen LogP contribution < -0.4 is 0 Å². The predicted octanol–water partition coefficient (Wildman–Crippen LogP) is 10.9. The molecule has 6 heteroatoms. The zero-order valence-electron chi connectivity index (χ0n) is 24.0. The molecule has 0 bridgehead atoms. The van der Waals surface area contributed by atoms with Crippen LogP contribution in [0.15, 0.2) is 87.2 Å². The van der Waals surface area contributed by atoms with Crippen molar-refractivity contribution in [1.82, 2.24) is 4.98 Å². The molecule has 0 aliphatic heterocycles. The third-order valence-corrected chi connectivity index (χ3v) is 6.18. The average molecular weight is 543 g/mol. The summed E-state index contributed by atoms with van der Waals surface area (Å²) in [6, 6.07) is 6.86. The third-order valence-electron chi connectivity index (χ3n) is 5.50. The number of pyridine rings is 1. The van der Waals surface area contributed by atoms with Crippen molar-refractivity contribution in [2.45, 2.75) is 80.6 Å². The number of hydrogen-bond donors (Lipinski definition) is 0. The number of thiophene rings is 1. The molecule has 0 aliphatic carbocycles. The summed E-state index contributed by atoms with van der Waals surface area (Å²) in [5.74, 6) is -3.39. The van der Waals surface area contributed by atoms with Gasteiger partial charge in [0, 0.05) is 18.2 Å². The average Bonchev–Trinajstić information content (AvgIpc) is 3.37. The van der Waals surface area contributed by atoms with Gasteiger partial charge in [0.2, 0.25) is 5.95 Å². The van der Waals surface area contributed by atoms with E-state index in [0.717, 1.165) is 59.7 Å². The first kappa shape index (κ1) is 33.0. The summed E-state index contributed by atoms with van der Waals surface area (Å²) < 4.78 is 41.3. The number of allylic oxidation sites excluding steroid dienone is 8. The second kappa shape index (κ2) is 16.1. The minimum absolute atomic E-state index is 0.0817. The molecular formula is C32H41F3N2S. The van der Waals surface area contributed by atoms with E-state index in [1.165, 1.54) is 23.5 Å². The van der Waals surface area contributed by atoms with E-state index in [1.807, 2.05) is 56.7 Å². The van der Waals surface area contributed by atoms with Gasteiger partial charge in [0.1, 0.15) is 0 Å². The van der Waals surface area contributed by atoms with E-state index in [0.29, 0.717) is 11.4 Å². The zero-order chi connectivity index (χ0) is 28.9. The molecule has 2 nitrogen and oxygen atoms in total. The van der Waals surface area contributed by atoms with E-state index in [2.05, 4.69) is 36.5 Å². The topological polar surface area (TPSA) is 25.2 Å². The number of rotatable bonds is 10. The van der Waals surface area contributed by atoms with Crippen LogP contribution in [0.25, 0.3) is 11.1 Å². The monoisotopic (exact) mass is 542 g/mol. The van der Waals surface area contributed by atoms with Crippen LogP contribution in [0.1, 0.15) is 85.9 Å². The molecule has 0 amide bonds. The first-order valence-electron chi connectivity index (χ1n) is 12.8. The van der Waals surface area contributed by atoms with Crippen molar-refractivity contribution in [3.63, 3.8) is 0 Å². The second-order valence-corrected chi connectivity index (χ2v) is 10.0. The van der Waals surface area contributed by atoms with Crippen LogP contribution in [0.4, 0.5) is 13.2 Å². The highest BCUT2D eigenvalue weighted by molar-refractivity contribution is 7.08. The summed E-state index contributed by atoms with van der Waals surface area (Å²) in [7, 11) is 0. The highest BCUT2D eigenvalue weighted by atomic mass is 32.1. The molecular weight excluding hydrogens is 501 g/mol. The lowest BCUT2D eigenvalue weighted by molar-refractivity contribution is 0.0701. The largest absolute Gasteiger partial charge is 0.272 e. The van der Waals surface area contributed by atoms with Crippen molar-refractivity contribution in [2.75, 3.05) is 0 Å². The molecule has 0 spiro atoms. The fourth-order valence-corrected chi connectivity index (χ4v) is 4.43. The van der Waals surface area contributed by atoms with Crippen molar-refractivity contribution in [3.8, 4) is 0 Å². The number of halogens is 3. The van der Waals surface area contributed by atoms with Gasteiger partial charge in [-0.05, 0) is 105 Å². The predicted molar refractivity (Wildman–Crippen MR) is 160 cm³/mol. The Labute approximate surface area is 231 Å². The Bertz CT molecular complexity index is 1200. The minimum atomic E-state index is -2.99. The summed E-state index contributed by atoms with van der Waals surface area (Å²) >= 11 is 1.54. The maximum atomic E-state index is 14.2. The Kier molecular flexibility index (Phi) is 14.0. The van der Waals surface area contributed by atoms with Gasteiger partial charge in [-0.2, -0.15) is 15.7 Å². The van der Waals surface area contributed by atoms with Crippen LogP contribution in [-0.4, -0.2) is 16.6 Å². The number of hydrogen-bond acceptors (Lipinski definition) is 3. The smallest absolute Gasteiger partial charge is 0.253 e. The van der Waals surface area contributed by atoms with Gasteiger partial charge >= 0.3 is 0 Å². The molecule has 0 aromatic carbocycles. The first-order valence-corrected chi connectivity index (χ1v) is 13.8. The molecule has 0 unspecified atom stereocenters. The van der Waals surface area contributed by atoms with Gasteiger partial charge < -0.3 is 0 Å².